The Balaban J connectivity index is 2.40. The molecule has 0 spiro atoms. The predicted molar refractivity (Wildman–Crippen MR) is 75.6 cm³/mol. The molecule has 1 fully saturated rings. The first-order chi connectivity index (χ1) is 9.71. The van der Waals surface area contributed by atoms with Crippen LogP contribution >= 0.6 is 0 Å². The van der Waals surface area contributed by atoms with E-state index in [2.05, 4.69) is 5.32 Å². The van der Waals surface area contributed by atoms with Crippen LogP contribution in [0.5, 0.6) is 5.75 Å². The van der Waals surface area contributed by atoms with E-state index in [4.69, 9.17) is 0 Å². The van der Waals surface area contributed by atoms with Crippen molar-refractivity contribution < 1.29 is 18.4 Å². The molecule has 9 heteroatoms. The van der Waals surface area contributed by atoms with Gasteiger partial charge in [-0.15, -0.1) is 0 Å². The first kappa shape index (κ1) is 15.7. The minimum absolute atomic E-state index is 0.00405. The SMILES string of the molecule is CC1CN(S(=O)(=O)c2ccc(O)c([N+](=O)[O-])c2)CC(C)N1. The maximum atomic E-state index is 12.6. The molecule has 0 amide bonds. The Morgan fingerprint density at radius 1 is 1.33 bits per heavy atom. The number of benzene rings is 1. The largest absolute Gasteiger partial charge is 0.502 e. The van der Waals surface area contributed by atoms with Gasteiger partial charge in [0.25, 0.3) is 0 Å². The highest BCUT2D eigenvalue weighted by atomic mass is 32.2. The van der Waals surface area contributed by atoms with Crippen molar-refractivity contribution in [1.29, 1.82) is 0 Å². The van der Waals surface area contributed by atoms with E-state index < -0.39 is 26.4 Å². The van der Waals surface area contributed by atoms with Gasteiger partial charge in [-0.25, -0.2) is 8.42 Å². The van der Waals surface area contributed by atoms with Gasteiger partial charge in [-0.3, -0.25) is 10.1 Å². The van der Waals surface area contributed by atoms with Crippen molar-refractivity contribution in [1.82, 2.24) is 9.62 Å². The number of hydrogen-bond acceptors (Lipinski definition) is 6. The van der Waals surface area contributed by atoms with Gasteiger partial charge in [-0.2, -0.15) is 4.31 Å². The first-order valence-electron chi connectivity index (χ1n) is 6.45. The van der Waals surface area contributed by atoms with Crippen molar-refractivity contribution in [3.05, 3.63) is 28.3 Å². The number of phenolic OH excluding ortho intramolecular Hbond substituents is 1. The van der Waals surface area contributed by atoms with E-state index in [1.807, 2.05) is 13.8 Å². The molecule has 0 saturated carbocycles. The Morgan fingerprint density at radius 3 is 2.43 bits per heavy atom. The lowest BCUT2D eigenvalue weighted by Crippen LogP contribution is -2.55. The molecule has 1 heterocycles. The molecule has 2 N–H and O–H groups in total. The van der Waals surface area contributed by atoms with E-state index in [0.29, 0.717) is 13.1 Å². The first-order valence-corrected chi connectivity index (χ1v) is 7.89. The molecule has 1 aromatic rings. The van der Waals surface area contributed by atoms with E-state index in [-0.39, 0.29) is 17.0 Å². The second-order valence-electron chi connectivity index (χ2n) is 5.20. The smallest absolute Gasteiger partial charge is 0.312 e. The number of phenols is 1. The Hall–Kier alpha value is -1.71. The number of nitrogens with one attached hydrogen (secondary N) is 1. The minimum Gasteiger partial charge on any atom is -0.502 e. The third-order valence-corrected chi connectivity index (χ3v) is 5.13. The minimum atomic E-state index is -3.82. The van der Waals surface area contributed by atoms with Crippen LogP contribution in [0.4, 0.5) is 5.69 Å². The molecule has 0 bridgehead atoms. The zero-order valence-corrected chi connectivity index (χ0v) is 12.5. The molecule has 1 aliphatic heterocycles. The van der Waals surface area contributed by atoms with Crippen LogP contribution in [0.25, 0.3) is 0 Å². The summed E-state index contributed by atoms with van der Waals surface area (Å²) in [7, 11) is -3.82. The summed E-state index contributed by atoms with van der Waals surface area (Å²) >= 11 is 0. The fourth-order valence-electron chi connectivity index (χ4n) is 2.43. The maximum Gasteiger partial charge on any atom is 0.312 e. The van der Waals surface area contributed by atoms with E-state index in [1.54, 1.807) is 0 Å². The number of nitro groups is 1. The third kappa shape index (κ3) is 3.14. The Bertz CT molecular complexity index is 651. The predicted octanol–water partition coefficient (Wildman–Crippen LogP) is 0.671. The molecule has 0 radical (unpaired) electrons. The lowest BCUT2D eigenvalue weighted by Gasteiger charge is -2.35. The standard InChI is InChI=1S/C12H17N3O5S/c1-8-6-14(7-9(2)13-8)21(19,20)10-3-4-12(16)11(5-10)15(17)18/h3-5,8-9,13,16H,6-7H2,1-2H3. The van der Waals surface area contributed by atoms with Crippen molar-refractivity contribution in [2.45, 2.75) is 30.8 Å². The molecule has 2 atom stereocenters. The Labute approximate surface area is 122 Å². The lowest BCUT2D eigenvalue weighted by molar-refractivity contribution is -0.386. The summed E-state index contributed by atoms with van der Waals surface area (Å²) in [6, 6.07) is 3.09. The maximum absolute atomic E-state index is 12.6. The molecule has 2 rings (SSSR count). The number of piperazine rings is 1. The highest BCUT2D eigenvalue weighted by molar-refractivity contribution is 7.89. The van der Waals surface area contributed by atoms with Gasteiger partial charge in [-0.05, 0) is 26.0 Å². The quantitative estimate of drug-likeness (QED) is 0.626. The fourth-order valence-corrected chi connectivity index (χ4v) is 4.07. The number of aromatic hydroxyl groups is 1. The molecular formula is C12H17N3O5S. The Kier molecular flexibility index (Phi) is 4.17. The summed E-state index contributed by atoms with van der Waals surface area (Å²) in [6.07, 6.45) is 0. The summed E-state index contributed by atoms with van der Waals surface area (Å²) in [6.45, 7) is 4.33. The average Bonchev–Trinajstić information content (AvgIpc) is 2.37. The van der Waals surface area contributed by atoms with Gasteiger partial charge in [0.1, 0.15) is 0 Å². The molecule has 1 aromatic carbocycles. The molecular weight excluding hydrogens is 298 g/mol. The van der Waals surface area contributed by atoms with Crippen LogP contribution in [0.15, 0.2) is 23.1 Å². The number of rotatable bonds is 3. The molecule has 1 saturated heterocycles. The van der Waals surface area contributed by atoms with Crippen molar-refractivity contribution in [2.24, 2.45) is 0 Å². The van der Waals surface area contributed by atoms with Gasteiger partial charge >= 0.3 is 5.69 Å². The zero-order chi connectivity index (χ0) is 15.8. The summed E-state index contributed by atoms with van der Waals surface area (Å²) in [5.41, 5.74) is -0.618. The van der Waals surface area contributed by atoms with Gasteiger partial charge in [0.15, 0.2) is 5.75 Å². The van der Waals surface area contributed by atoms with Crippen molar-refractivity contribution in [2.75, 3.05) is 13.1 Å². The van der Waals surface area contributed by atoms with E-state index in [9.17, 15) is 23.6 Å². The second kappa shape index (κ2) is 5.58. The van der Waals surface area contributed by atoms with Crippen molar-refractivity contribution >= 4 is 15.7 Å². The van der Waals surface area contributed by atoms with Gasteiger partial charge in [0.05, 0.1) is 9.82 Å². The summed E-state index contributed by atoms with van der Waals surface area (Å²) in [5, 5.41) is 23.4. The molecule has 21 heavy (non-hydrogen) atoms. The van der Waals surface area contributed by atoms with Gasteiger partial charge < -0.3 is 10.4 Å². The van der Waals surface area contributed by atoms with E-state index in [1.165, 1.54) is 10.4 Å². The molecule has 116 valence electrons. The number of hydrogen-bond donors (Lipinski definition) is 2. The summed E-state index contributed by atoms with van der Waals surface area (Å²) in [4.78, 5) is 9.81. The molecule has 8 nitrogen and oxygen atoms in total. The number of nitro benzene ring substituents is 1. The average molecular weight is 315 g/mol. The van der Waals surface area contributed by atoms with Crippen LogP contribution in [0, 0.1) is 10.1 Å². The molecule has 1 aliphatic rings. The summed E-state index contributed by atoms with van der Waals surface area (Å²) in [5.74, 6) is -0.555. The van der Waals surface area contributed by atoms with Crippen LogP contribution in [-0.2, 0) is 10.0 Å². The van der Waals surface area contributed by atoms with Gasteiger partial charge in [0.2, 0.25) is 10.0 Å². The van der Waals surface area contributed by atoms with Gasteiger partial charge in [0, 0.05) is 31.2 Å². The second-order valence-corrected chi connectivity index (χ2v) is 7.14. The normalized spacial score (nSPS) is 23.9. The highest BCUT2D eigenvalue weighted by Crippen LogP contribution is 2.30. The topological polar surface area (TPSA) is 113 Å². The summed E-state index contributed by atoms with van der Waals surface area (Å²) < 4.78 is 26.4. The lowest BCUT2D eigenvalue weighted by atomic mass is 10.2. The van der Waals surface area contributed by atoms with Gasteiger partial charge in [-0.1, -0.05) is 0 Å². The molecule has 0 aliphatic carbocycles. The molecule has 2 unspecified atom stereocenters. The van der Waals surface area contributed by atoms with Crippen LogP contribution in [0.3, 0.4) is 0 Å². The van der Waals surface area contributed by atoms with E-state index in [0.717, 1.165) is 12.1 Å². The monoisotopic (exact) mass is 315 g/mol. The van der Waals surface area contributed by atoms with Crippen LogP contribution in [-0.4, -0.2) is 47.9 Å². The fraction of sp³-hybridized carbons (Fsp3) is 0.500. The Morgan fingerprint density at radius 2 is 1.90 bits per heavy atom. The highest BCUT2D eigenvalue weighted by Gasteiger charge is 2.32. The zero-order valence-electron chi connectivity index (χ0n) is 11.7. The third-order valence-electron chi connectivity index (χ3n) is 3.31. The van der Waals surface area contributed by atoms with Crippen molar-refractivity contribution in [3.8, 4) is 5.75 Å². The van der Waals surface area contributed by atoms with Crippen molar-refractivity contribution in [3.63, 3.8) is 0 Å². The number of sulfonamides is 1. The van der Waals surface area contributed by atoms with E-state index >= 15 is 0 Å². The molecule has 0 aromatic heterocycles. The van der Waals surface area contributed by atoms with Crippen LogP contribution < -0.4 is 5.32 Å². The number of nitrogens with zero attached hydrogens (tertiary/aromatic N) is 2. The van der Waals surface area contributed by atoms with Crippen LogP contribution in [0.2, 0.25) is 0 Å². The van der Waals surface area contributed by atoms with Crippen LogP contribution in [0.1, 0.15) is 13.8 Å².